The van der Waals surface area contributed by atoms with E-state index in [9.17, 15) is 13.2 Å². The van der Waals surface area contributed by atoms with Crippen LogP contribution < -0.4 is 15.4 Å². The van der Waals surface area contributed by atoms with Crippen LogP contribution in [0.25, 0.3) is 0 Å². The first kappa shape index (κ1) is 20.8. The van der Waals surface area contributed by atoms with Gasteiger partial charge >= 0.3 is 6.36 Å². The summed E-state index contributed by atoms with van der Waals surface area (Å²) in [6, 6.07) is 7.08. The smallest absolute Gasteiger partial charge is 0.406 e. The summed E-state index contributed by atoms with van der Waals surface area (Å²) in [5, 5.41) is 14.3. The summed E-state index contributed by atoms with van der Waals surface area (Å²) in [5.74, 6) is 2.45. The highest BCUT2D eigenvalue weighted by molar-refractivity contribution is 6.05. The lowest BCUT2D eigenvalue weighted by Gasteiger charge is -2.16. The van der Waals surface area contributed by atoms with Gasteiger partial charge in [0.1, 0.15) is 11.6 Å². The molecule has 2 rings (SSSR count). The Bertz CT molecular complexity index is 899. The fraction of sp³-hybridized carbons (Fsp3) is 0.200. The molecule has 1 aromatic carbocycles. The zero-order valence-electron chi connectivity index (χ0n) is 15.2. The molecular formula is C20H19F3N4O. The molecule has 0 radical (unpaired) electrons. The van der Waals surface area contributed by atoms with E-state index in [1.807, 2.05) is 13.0 Å². The number of hydrogen-bond donors (Lipinski definition) is 3. The Kier molecular flexibility index (Phi) is 6.66. The van der Waals surface area contributed by atoms with Crippen LogP contribution in [0.2, 0.25) is 0 Å². The molecule has 0 saturated carbocycles. The predicted molar refractivity (Wildman–Crippen MR) is 103 cm³/mol. The third-order valence-electron chi connectivity index (χ3n) is 3.72. The summed E-state index contributed by atoms with van der Waals surface area (Å²) in [4.78, 5) is 4.28. The number of halogens is 3. The second-order valence-electron chi connectivity index (χ2n) is 5.70. The molecule has 0 amide bonds. The van der Waals surface area contributed by atoms with E-state index >= 15 is 0 Å². The molecule has 1 heterocycles. The summed E-state index contributed by atoms with van der Waals surface area (Å²) in [6.07, 6.45) is 2.78. The zero-order chi connectivity index (χ0) is 20.7. The normalized spacial score (nSPS) is 10.7. The van der Waals surface area contributed by atoms with Gasteiger partial charge in [0.15, 0.2) is 0 Å². The second kappa shape index (κ2) is 8.95. The van der Waals surface area contributed by atoms with Crippen molar-refractivity contribution in [1.82, 2.24) is 10.3 Å². The van der Waals surface area contributed by atoms with E-state index in [1.165, 1.54) is 24.3 Å². The van der Waals surface area contributed by atoms with E-state index in [-0.39, 0.29) is 18.0 Å². The van der Waals surface area contributed by atoms with Crippen LogP contribution in [0.3, 0.4) is 0 Å². The number of anilines is 2. The van der Waals surface area contributed by atoms with Crippen LogP contribution in [0.4, 0.5) is 24.7 Å². The minimum Gasteiger partial charge on any atom is -0.406 e. The van der Waals surface area contributed by atoms with Gasteiger partial charge in [-0.15, -0.1) is 19.6 Å². The van der Waals surface area contributed by atoms with E-state index in [4.69, 9.17) is 11.8 Å². The second-order valence-corrected chi connectivity index (χ2v) is 5.70. The number of aromatic nitrogens is 1. The molecule has 1 aromatic heterocycles. The Hall–Kier alpha value is -3.47. The largest absolute Gasteiger partial charge is 0.573 e. The number of ether oxygens (including phenoxy) is 1. The summed E-state index contributed by atoms with van der Waals surface area (Å²) in [7, 11) is 0. The average molecular weight is 388 g/mol. The molecule has 0 bridgehead atoms. The van der Waals surface area contributed by atoms with E-state index < -0.39 is 6.36 Å². The van der Waals surface area contributed by atoms with Gasteiger partial charge in [0.05, 0.1) is 18.0 Å². The molecule has 0 aliphatic heterocycles. The van der Waals surface area contributed by atoms with Crippen LogP contribution in [-0.4, -0.2) is 23.6 Å². The van der Waals surface area contributed by atoms with Gasteiger partial charge in [-0.2, -0.15) is 0 Å². The molecule has 3 N–H and O–H groups in total. The molecule has 146 valence electrons. The van der Waals surface area contributed by atoms with Crippen molar-refractivity contribution in [2.24, 2.45) is 0 Å². The highest BCUT2D eigenvalue weighted by atomic mass is 19.4. The Balaban J connectivity index is 2.24. The van der Waals surface area contributed by atoms with Crippen molar-refractivity contribution >= 4 is 17.2 Å². The van der Waals surface area contributed by atoms with Gasteiger partial charge in [-0.1, -0.05) is 19.4 Å². The first-order valence-electron chi connectivity index (χ1n) is 8.31. The molecule has 5 nitrogen and oxygen atoms in total. The van der Waals surface area contributed by atoms with E-state index in [0.29, 0.717) is 29.2 Å². The van der Waals surface area contributed by atoms with Gasteiger partial charge in [0, 0.05) is 17.4 Å². The topological polar surface area (TPSA) is 70.0 Å². The van der Waals surface area contributed by atoms with Gasteiger partial charge in [0.25, 0.3) is 0 Å². The van der Waals surface area contributed by atoms with E-state index in [0.717, 1.165) is 5.56 Å². The number of rotatable bonds is 8. The van der Waals surface area contributed by atoms with Gasteiger partial charge < -0.3 is 20.8 Å². The van der Waals surface area contributed by atoms with E-state index in [1.54, 1.807) is 6.20 Å². The molecule has 8 heteroatoms. The number of allylic oxidation sites excluding steroid dienone is 1. The molecule has 28 heavy (non-hydrogen) atoms. The fourth-order valence-corrected chi connectivity index (χ4v) is 2.44. The first-order valence-corrected chi connectivity index (χ1v) is 8.31. The number of nitrogens with zero attached hydrogens (tertiary/aromatic N) is 1. The first-order chi connectivity index (χ1) is 13.2. The third-order valence-corrected chi connectivity index (χ3v) is 3.72. The van der Waals surface area contributed by atoms with Crippen LogP contribution in [0, 0.1) is 17.8 Å². The number of hydrogen-bond acceptors (Lipinski definition) is 5. The quantitative estimate of drug-likeness (QED) is 0.463. The van der Waals surface area contributed by atoms with E-state index in [2.05, 4.69) is 32.9 Å². The van der Waals surface area contributed by atoms with Crippen molar-refractivity contribution in [2.75, 3.05) is 11.9 Å². The Morgan fingerprint density at radius 1 is 1.29 bits per heavy atom. The molecule has 0 aliphatic carbocycles. The fourth-order valence-electron chi connectivity index (χ4n) is 2.44. The van der Waals surface area contributed by atoms with Gasteiger partial charge in [0.2, 0.25) is 0 Å². The summed E-state index contributed by atoms with van der Waals surface area (Å²) >= 11 is 0. The lowest BCUT2D eigenvalue weighted by atomic mass is 10.0. The molecule has 2 aromatic rings. The van der Waals surface area contributed by atoms with Crippen molar-refractivity contribution in [2.45, 2.75) is 19.7 Å². The lowest BCUT2D eigenvalue weighted by Crippen LogP contribution is -2.23. The Labute approximate surface area is 161 Å². The molecule has 0 unspecified atom stereocenters. The summed E-state index contributed by atoms with van der Waals surface area (Å²) in [6.45, 7) is 5.75. The number of aryl methyl sites for hydroxylation is 1. The van der Waals surface area contributed by atoms with Crippen LogP contribution in [0.5, 0.6) is 5.75 Å². The minimum absolute atomic E-state index is 0.161. The average Bonchev–Trinajstić information content (AvgIpc) is 2.66. The number of pyridine rings is 1. The van der Waals surface area contributed by atoms with Crippen molar-refractivity contribution in [3.05, 3.63) is 59.9 Å². The monoisotopic (exact) mass is 388 g/mol. The SMILES string of the molecule is C#CC(=C)NCC(=N)c1c(CC)ccnc1Nc1ccc(OC(F)(F)F)cc1. The summed E-state index contributed by atoms with van der Waals surface area (Å²) in [5.41, 5.74) is 2.61. The Morgan fingerprint density at radius 2 is 1.96 bits per heavy atom. The van der Waals surface area contributed by atoms with Gasteiger partial charge in [-0.3, -0.25) is 0 Å². The van der Waals surface area contributed by atoms with Crippen LogP contribution >= 0.6 is 0 Å². The molecule has 0 aliphatic rings. The van der Waals surface area contributed by atoms with Crippen LogP contribution in [-0.2, 0) is 6.42 Å². The van der Waals surface area contributed by atoms with Crippen molar-refractivity contribution in [3.8, 4) is 18.1 Å². The Morgan fingerprint density at radius 3 is 2.54 bits per heavy atom. The highest BCUT2D eigenvalue weighted by Gasteiger charge is 2.31. The van der Waals surface area contributed by atoms with Crippen molar-refractivity contribution in [3.63, 3.8) is 0 Å². The maximum absolute atomic E-state index is 12.3. The van der Waals surface area contributed by atoms with Gasteiger partial charge in [-0.25, -0.2) is 4.98 Å². The number of nitrogens with one attached hydrogen (secondary N) is 3. The van der Waals surface area contributed by atoms with Gasteiger partial charge in [-0.05, 0) is 42.3 Å². The molecule has 0 atom stereocenters. The number of terminal acetylenes is 1. The maximum atomic E-state index is 12.3. The molecular weight excluding hydrogens is 369 g/mol. The van der Waals surface area contributed by atoms with Crippen LogP contribution in [0.1, 0.15) is 18.1 Å². The number of benzene rings is 1. The lowest BCUT2D eigenvalue weighted by molar-refractivity contribution is -0.274. The van der Waals surface area contributed by atoms with Crippen LogP contribution in [0.15, 0.2) is 48.8 Å². The highest BCUT2D eigenvalue weighted by Crippen LogP contribution is 2.27. The molecule has 0 spiro atoms. The third kappa shape index (κ3) is 5.77. The molecule has 0 saturated heterocycles. The maximum Gasteiger partial charge on any atom is 0.573 e. The zero-order valence-corrected chi connectivity index (χ0v) is 15.2. The predicted octanol–water partition coefficient (Wildman–Crippen LogP) is 4.39. The molecule has 0 fully saturated rings. The van der Waals surface area contributed by atoms with Crippen molar-refractivity contribution in [1.29, 1.82) is 5.41 Å². The number of alkyl halides is 3. The van der Waals surface area contributed by atoms with Crippen molar-refractivity contribution < 1.29 is 17.9 Å². The summed E-state index contributed by atoms with van der Waals surface area (Å²) < 4.78 is 40.7. The standard InChI is InChI=1S/C20H19F3N4O/c1-4-13(3)26-12-17(24)18-14(5-2)10-11-25-19(18)27-15-6-8-16(9-7-15)28-20(21,22)23/h1,6-11,24,26H,3,5,12H2,2H3,(H,25,27). The minimum atomic E-state index is -4.75.